The topological polar surface area (TPSA) is 0 Å². The van der Waals surface area contributed by atoms with Crippen molar-refractivity contribution < 1.29 is 83.4 Å². The van der Waals surface area contributed by atoms with Crippen LogP contribution in [0.15, 0.2) is 0 Å². The Morgan fingerprint density at radius 2 is 0.661 bits per heavy atom. The molecule has 1 spiro atoms. The molecule has 0 aromatic heterocycles. The van der Waals surface area contributed by atoms with Gasteiger partial charge in [0.1, 0.15) is 5.67 Å². The van der Waals surface area contributed by atoms with Gasteiger partial charge < -0.3 is 0 Å². The van der Waals surface area contributed by atoms with Crippen LogP contribution >= 0.6 is 0 Å². The highest BCUT2D eigenvalue weighted by Crippen LogP contribution is 2.65. The Kier molecular flexibility index (Phi) is 51.3. The Labute approximate surface area is 697 Å². The van der Waals surface area contributed by atoms with Crippen LogP contribution in [0.4, 0.5) is 83.4 Å². The minimum absolute atomic E-state index is 0.0106. The van der Waals surface area contributed by atoms with E-state index in [4.69, 9.17) is 0 Å². The van der Waals surface area contributed by atoms with Crippen molar-refractivity contribution in [1.82, 2.24) is 0 Å². The van der Waals surface area contributed by atoms with Crippen LogP contribution in [0.25, 0.3) is 0 Å². The summed E-state index contributed by atoms with van der Waals surface area (Å²) >= 11 is 0. The van der Waals surface area contributed by atoms with Crippen LogP contribution in [0.3, 0.4) is 0 Å². The Hall–Kier alpha value is -1.33. The summed E-state index contributed by atoms with van der Waals surface area (Å²) in [6.45, 7) is 85.0. The molecule has 0 radical (unpaired) electrons. The first kappa shape index (κ1) is 122. The SMILES string of the molecule is CC(C)(C)C.CC(C)C(C(C)C)C(C)(C)F.CC(C)C(C)(C)C.CC1CCC(C(F)(F)F)(C(F)(F)F)CC1.CC1CCC2(CC1)CCC(C(F)(F)F)(C(F)(F)F)CC2.CCC(C)(C)C.CCC(C)(CC)C(C)(C)C.CCC(CC)C(C)(C)C.CCCC(C)(C)C.C[C@@H]1CCCCC1(C(F)(F)F)C(F)(F)F.C[C@H]1CC2CCC1(C)CC2. The van der Waals surface area contributed by atoms with Crippen molar-refractivity contribution in [3.63, 3.8) is 0 Å². The molecule has 115 heavy (non-hydrogen) atoms. The van der Waals surface area contributed by atoms with Crippen LogP contribution < -0.4 is 0 Å². The molecular weight excluding hydrogens is 1510 g/mol. The van der Waals surface area contributed by atoms with Gasteiger partial charge in [-0.1, -0.05) is 320 Å². The molecule has 0 nitrogen and oxygen atoms in total. The maximum atomic E-state index is 13.6. The first-order valence-electron chi connectivity index (χ1n) is 44.8. The van der Waals surface area contributed by atoms with Crippen LogP contribution in [0.1, 0.15) is 450 Å². The summed E-state index contributed by atoms with van der Waals surface area (Å²) in [7, 11) is 0. The average molecular weight is 1700 g/mol. The first-order valence-corrected chi connectivity index (χ1v) is 44.8. The smallest absolute Gasteiger partial charge is 0.244 e. The molecule has 19 heteroatoms. The highest BCUT2D eigenvalue weighted by atomic mass is 19.4. The van der Waals surface area contributed by atoms with E-state index in [1.54, 1.807) is 20.8 Å². The fraction of sp³-hybridized carbons (Fsp3) is 1.00. The zero-order valence-corrected chi connectivity index (χ0v) is 81.3. The van der Waals surface area contributed by atoms with Crippen LogP contribution in [-0.2, 0) is 0 Å². The number of hydrogen-bond donors (Lipinski definition) is 0. The minimum Gasteiger partial charge on any atom is -0.244 e. The van der Waals surface area contributed by atoms with Gasteiger partial charge >= 0.3 is 37.1 Å². The molecule has 7 fully saturated rings. The maximum Gasteiger partial charge on any atom is 0.403 e. The molecule has 7 aliphatic rings. The number of halogens is 19. The molecule has 0 amide bonds. The van der Waals surface area contributed by atoms with Crippen molar-refractivity contribution in [3.8, 4) is 0 Å². The lowest BCUT2D eigenvalue weighted by molar-refractivity contribution is -0.364. The van der Waals surface area contributed by atoms with E-state index in [1.807, 2.05) is 0 Å². The molecule has 0 aromatic carbocycles. The second kappa shape index (κ2) is 48.2. The Bertz CT molecular complexity index is 2390. The molecule has 2 bridgehead atoms. The van der Waals surface area contributed by atoms with Gasteiger partial charge in [0.25, 0.3) is 0 Å². The number of rotatable bonds is 8. The van der Waals surface area contributed by atoms with E-state index >= 15 is 0 Å². The van der Waals surface area contributed by atoms with E-state index in [0.717, 1.165) is 61.7 Å². The molecule has 7 rings (SSSR count). The van der Waals surface area contributed by atoms with Crippen LogP contribution in [-0.4, -0.2) is 42.7 Å². The van der Waals surface area contributed by atoms with E-state index in [-0.39, 0.29) is 55.8 Å². The summed E-state index contributed by atoms with van der Waals surface area (Å²) < 4.78 is 242. The minimum atomic E-state index is -5.20. The Morgan fingerprint density at radius 3 is 0.809 bits per heavy atom. The van der Waals surface area contributed by atoms with Gasteiger partial charge in [-0.15, -0.1) is 0 Å². The van der Waals surface area contributed by atoms with Crippen LogP contribution in [0, 0.1) is 124 Å². The van der Waals surface area contributed by atoms with Crippen LogP contribution in [0.2, 0.25) is 0 Å². The third-order valence-electron chi connectivity index (χ3n) is 27.8. The normalized spacial score (nSPS) is 22.4. The second-order valence-electron chi connectivity index (χ2n) is 45.6. The molecule has 0 unspecified atom stereocenters. The van der Waals surface area contributed by atoms with E-state index in [2.05, 4.69) is 242 Å². The standard InChI is InChI=1S/C14H20F6.C10H21F.C10H18.C10H22.2C9H12F6.C9H20.2C7H16.C6H14.C5H12/c1-10-2-4-11(5-3-10)6-8-12(9-7-11,13(15,16)17)14(18,19)20;1-7(2)9(8(3)4)10(5,6)11;1-8-7-9-3-5-10(8,2)6-4-9;1-7-10(6,8-2)9(3,4)5;1-6-2-4-7(5-3-6,8(10,11)12)9(13,14)15;1-6-4-2-3-5-7(6,8(10,11)12)9(13,14)15;1-6-8(7-2)9(3,4)5;1-6(2)7(3,4)5;1-5-6-7(2,3)4;1-5-6(2,3)4;1-5(2,3)4/h10H,2-9H2,1H3;7-9H,1-6H3;8-9H,3-7H2,1-2H3;7-8H2,1-6H3;2*6H,2-5H2,1H3;8H,6-7H2,1-5H3;6H,1-5H3;5-6H2,1-4H3;5H2,1-4H3;1-4H3/t;;8-,9?,10?;;;6-;;;;;/m..0..1...../s1. The van der Waals surface area contributed by atoms with Gasteiger partial charge in [0.2, 0.25) is 0 Å². The van der Waals surface area contributed by atoms with Crippen LogP contribution in [0.5, 0.6) is 0 Å². The molecule has 0 heterocycles. The number of hydrogen-bond acceptors (Lipinski definition) is 0. The van der Waals surface area contributed by atoms with Gasteiger partial charge in [0, 0.05) is 0 Å². The quantitative estimate of drug-likeness (QED) is 0.213. The lowest BCUT2D eigenvalue weighted by atomic mass is 9.57. The van der Waals surface area contributed by atoms with Gasteiger partial charge in [0.15, 0.2) is 16.2 Å². The molecule has 0 aliphatic heterocycles. The average Bonchev–Trinajstić information content (AvgIpc) is 0.746. The van der Waals surface area contributed by atoms with Crippen molar-refractivity contribution in [3.05, 3.63) is 0 Å². The highest BCUT2D eigenvalue weighted by Gasteiger charge is 2.74. The zero-order valence-electron chi connectivity index (χ0n) is 81.3. The molecule has 700 valence electrons. The summed E-state index contributed by atoms with van der Waals surface area (Å²) in [6.07, 6.45) is -14.6. The predicted molar refractivity (Wildman–Crippen MR) is 455 cm³/mol. The zero-order chi connectivity index (χ0) is 93.1. The van der Waals surface area contributed by atoms with E-state index < -0.39 is 97.0 Å². The largest absolute Gasteiger partial charge is 0.403 e. The van der Waals surface area contributed by atoms with E-state index in [1.165, 1.54) is 77.0 Å². The third-order valence-corrected chi connectivity index (χ3v) is 27.8. The van der Waals surface area contributed by atoms with Gasteiger partial charge in [-0.3, -0.25) is 0 Å². The molecule has 0 saturated heterocycles. The molecular formula is C96H183F19. The molecule has 7 aliphatic carbocycles. The molecule has 2 atom stereocenters. The lowest BCUT2D eigenvalue weighted by Crippen LogP contribution is -2.55. The van der Waals surface area contributed by atoms with Gasteiger partial charge in [-0.05, 0) is 237 Å². The lowest BCUT2D eigenvalue weighted by Gasteiger charge is -2.49. The van der Waals surface area contributed by atoms with Crippen molar-refractivity contribution in [2.75, 3.05) is 0 Å². The molecule has 0 N–H and O–H groups in total. The van der Waals surface area contributed by atoms with Gasteiger partial charge in [-0.25, -0.2) is 4.39 Å². The predicted octanol–water partition coefficient (Wildman–Crippen LogP) is 38.7. The summed E-state index contributed by atoms with van der Waals surface area (Å²) in [5, 5.41) is 0. The van der Waals surface area contributed by atoms with Crippen molar-refractivity contribution >= 4 is 0 Å². The summed E-state index contributed by atoms with van der Waals surface area (Å²) in [4.78, 5) is 0. The Balaban J connectivity index is -0.000000395. The number of fused-ring (bicyclic) bond motifs is 3. The monoisotopic (exact) mass is 1700 g/mol. The first-order chi connectivity index (χ1) is 50.7. The number of alkyl halides is 19. The summed E-state index contributed by atoms with van der Waals surface area (Å²) in [6, 6.07) is 0. The summed E-state index contributed by atoms with van der Waals surface area (Å²) in [5.41, 5.74) is -7.41. The molecule has 7 saturated carbocycles. The maximum absolute atomic E-state index is 13.6. The van der Waals surface area contributed by atoms with Crippen molar-refractivity contribution in [2.45, 2.75) is 493 Å². The second-order valence-corrected chi connectivity index (χ2v) is 45.6. The molecule has 0 aromatic rings. The van der Waals surface area contributed by atoms with Crippen molar-refractivity contribution in [2.24, 2.45) is 124 Å². The Morgan fingerprint density at radius 1 is 0.348 bits per heavy atom. The third kappa shape index (κ3) is 43.2. The van der Waals surface area contributed by atoms with E-state index in [0.29, 0.717) is 62.1 Å². The van der Waals surface area contributed by atoms with Crippen molar-refractivity contribution in [1.29, 1.82) is 0 Å². The van der Waals surface area contributed by atoms with Gasteiger partial charge in [0.05, 0.1) is 0 Å². The van der Waals surface area contributed by atoms with Gasteiger partial charge in [-0.2, -0.15) is 79.0 Å². The fourth-order valence-electron chi connectivity index (χ4n) is 16.9. The van der Waals surface area contributed by atoms with E-state index in [9.17, 15) is 83.4 Å². The highest BCUT2D eigenvalue weighted by molar-refractivity contribution is 5.03. The fourth-order valence-corrected chi connectivity index (χ4v) is 16.9. The summed E-state index contributed by atoms with van der Waals surface area (Å²) in [5.74, 6) is 3.95.